The van der Waals surface area contributed by atoms with Crippen LogP contribution in [0.3, 0.4) is 0 Å². The average molecular weight is 340 g/mol. The molecule has 1 unspecified atom stereocenters. The summed E-state index contributed by atoms with van der Waals surface area (Å²) in [5.41, 5.74) is -0.301. The maximum Gasteiger partial charge on any atom is 0.248 e. The molecule has 136 valence electrons. The second-order valence-corrected chi connectivity index (χ2v) is 7.00. The first-order valence-electron chi connectivity index (χ1n) is 8.15. The van der Waals surface area contributed by atoms with Gasteiger partial charge in [-0.25, -0.2) is 0 Å². The van der Waals surface area contributed by atoms with Crippen molar-refractivity contribution in [1.29, 1.82) is 0 Å². The Morgan fingerprint density at radius 1 is 1.42 bits per heavy atom. The number of carbonyl (C=O) groups is 1. The number of hydrogen-bond donors (Lipinski definition) is 1. The number of likely N-dealkylation sites (N-methyl/N-ethyl adjacent to an activating group) is 1. The number of rotatable bonds is 7. The molecule has 7 nitrogen and oxygen atoms in total. The van der Waals surface area contributed by atoms with E-state index < -0.39 is 0 Å². The van der Waals surface area contributed by atoms with E-state index in [2.05, 4.69) is 4.90 Å². The fraction of sp³-hybridized carbons (Fsp3) is 0.706. The van der Waals surface area contributed by atoms with Gasteiger partial charge in [0.05, 0.1) is 24.9 Å². The summed E-state index contributed by atoms with van der Waals surface area (Å²) in [6.07, 6.45) is -0.101. The summed E-state index contributed by atoms with van der Waals surface area (Å²) in [6, 6.07) is 3.67. The van der Waals surface area contributed by atoms with Crippen LogP contribution in [0.1, 0.15) is 25.4 Å². The predicted octanol–water partition coefficient (Wildman–Crippen LogP) is 0.856. The van der Waals surface area contributed by atoms with Crippen molar-refractivity contribution in [2.24, 2.45) is 0 Å². The lowest BCUT2D eigenvalue weighted by molar-refractivity contribution is -0.162. The summed E-state index contributed by atoms with van der Waals surface area (Å²) < 4.78 is 17.1. The van der Waals surface area contributed by atoms with E-state index in [0.29, 0.717) is 25.5 Å². The Morgan fingerprint density at radius 3 is 2.75 bits per heavy atom. The van der Waals surface area contributed by atoms with Gasteiger partial charge in [0.25, 0.3) is 0 Å². The number of amides is 1. The Bertz CT molecular complexity index is 541. The third-order valence-electron chi connectivity index (χ3n) is 3.83. The molecule has 0 saturated carbocycles. The van der Waals surface area contributed by atoms with Gasteiger partial charge in [-0.05, 0) is 26.0 Å². The van der Waals surface area contributed by atoms with Gasteiger partial charge in [-0.2, -0.15) is 0 Å². The van der Waals surface area contributed by atoms with E-state index in [0.717, 1.165) is 12.3 Å². The zero-order chi connectivity index (χ0) is 17.7. The van der Waals surface area contributed by atoms with E-state index in [-0.39, 0.29) is 30.8 Å². The molecule has 1 aromatic heterocycles. The minimum Gasteiger partial charge on any atom is -0.462 e. The van der Waals surface area contributed by atoms with Crippen LogP contribution in [0.4, 0.5) is 0 Å². The molecule has 2 rings (SSSR count). The van der Waals surface area contributed by atoms with Crippen molar-refractivity contribution in [3.8, 4) is 0 Å². The van der Waals surface area contributed by atoms with Gasteiger partial charge in [-0.15, -0.1) is 0 Å². The monoisotopic (exact) mass is 340 g/mol. The van der Waals surface area contributed by atoms with Gasteiger partial charge in [0.1, 0.15) is 24.7 Å². The minimum absolute atomic E-state index is 0.0608. The number of aliphatic hydroxyl groups is 1. The van der Waals surface area contributed by atoms with Crippen LogP contribution in [0.25, 0.3) is 0 Å². The molecule has 24 heavy (non-hydrogen) atoms. The summed E-state index contributed by atoms with van der Waals surface area (Å²) in [4.78, 5) is 15.3. The van der Waals surface area contributed by atoms with Gasteiger partial charge in [0.2, 0.25) is 5.91 Å². The van der Waals surface area contributed by atoms with Gasteiger partial charge >= 0.3 is 0 Å². The highest BCUT2D eigenvalue weighted by molar-refractivity contribution is 5.76. The molecule has 0 radical (unpaired) electrons. The highest BCUT2D eigenvalue weighted by atomic mass is 16.6. The van der Waals surface area contributed by atoms with E-state index >= 15 is 0 Å². The van der Waals surface area contributed by atoms with Crippen molar-refractivity contribution in [2.75, 3.05) is 40.4 Å². The Kier molecular flexibility index (Phi) is 6.40. The van der Waals surface area contributed by atoms with Crippen molar-refractivity contribution < 1.29 is 23.8 Å². The normalized spacial score (nSPS) is 21.0. The van der Waals surface area contributed by atoms with Crippen LogP contribution in [0.15, 0.2) is 16.5 Å². The van der Waals surface area contributed by atoms with Crippen LogP contribution in [0, 0.1) is 0 Å². The van der Waals surface area contributed by atoms with Crippen LogP contribution in [0.2, 0.25) is 0 Å². The fourth-order valence-corrected chi connectivity index (χ4v) is 2.84. The maximum atomic E-state index is 11.6. The topological polar surface area (TPSA) is 75.4 Å². The first-order valence-corrected chi connectivity index (χ1v) is 8.15. The van der Waals surface area contributed by atoms with Crippen molar-refractivity contribution in [1.82, 2.24) is 9.80 Å². The molecular weight excluding hydrogens is 312 g/mol. The smallest absolute Gasteiger partial charge is 0.248 e. The molecule has 1 aliphatic rings. The minimum atomic E-state index is -0.301. The van der Waals surface area contributed by atoms with Gasteiger partial charge in [-0.1, -0.05) is 0 Å². The van der Waals surface area contributed by atoms with Gasteiger partial charge in [0.15, 0.2) is 0 Å². The van der Waals surface area contributed by atoms with Crippen LogP contribution in [-0.2, 0) is 27.4 Å². The van der Waals surface area contributed by atoms with Gasteiger partial charge in [-0.3, -0.25) is 9.69 Å². The van der Waals surface area contributed by atoms with E-state index in [9.17, 15) is 4.79 Å². The van der Waals surface area contributed by atoms with E-state index in [4.69, 9.17) is 19.0 Å². The molecule has 1 N–H and O–H groups in total. The molecular formula is C17H28N2O5. The molecule has 1 amide bonds. The third-order valence-corrected chi connectivity index (χ3v) is 3.83. The number of carbonyl (C=O) groups excluding carboxylic acids is 1. The summed E-state index contributed by atoms with van der Waals surface area (Å²) in [5, 5.41) is 9.09. The fourth-order valence-electron chi connectivity index (χ4n) is 2.84. The van der Waals surface area contributed by atoms with Crippen molar-refractivity contribution in [3.63, 3.8) is 0 Å². The molecule has 0 bridgehead atoms. The Morgan fingerprint density at radius 2 is 2.12 bits per heavy atom. The molecule has 0 aromatic carbocycles. The first kappa shape index (κ1) is 18.9. The molecule has 0 aliphatic carbocycles. The zero-order valence-corrected chi connectivity index (χ0v) is 14.9. The van der Waals surface area contributed by atoms with Crippen molar-refractivity contribution >= 4 is 5.91 Å². The number of nitrogens with zero attached hydrogens (tertiary/aromatic N) is 2. The molecule has 1 saturated heterocycles. The molecule has 1 atom stereocenters. The van der Waals surface area contributed by atoms with Gasteiger partial charge in [0, 0.05) is 27.2 Å². The Balaban J connectivity index is 1.87. The lowest BCUT2D eigenvalue weighted by atomic mass is 10.1. The van der Waals surface area contributed by atoms with Crippen molar-refractivity contribution in [3.05, 3.63) is 23.7 Å². The summed E-state index contributed by atoms with van der Waals surface area (Å²) in [5.74, 6) is 1.33. The van der Waals surface area contributed by atoms with Crippen LogP contribution < -0.4 is 0 Å². The standard InChI is InChI=1S/C17H28N2O5/c1-17(2)12-19(7-13-5-6-14(9-20)23-13)8-15(24-17)10-22-11-16(21)18(3)4/h5-6,15,20H,7-12H2,1-4H3. The number of aliphatic hydroxyl groups excluding tert-OH is 1. The van der Waals surface area contributed by atoms with Crippen LogP contribution >= 0.6 is 0 Å². The molecule has 0 spiro atoms. The predicted molar refractivity (Wildman–Crippen MR) is 88.4 cm³/mol. The van der Waals surface area contributed by atoms with E-state index in [1.54, 1.807) is 20.2 Å². The number of ether oxygens (including phenoxy) is 2. The average Bonchev–Trinajstić information content (AvgIpc) is 2.93. The van der Waals surface area contributed by atoms with Gasteiger partial charge < -0.3 is 23.9 Å². The molecule has 2 heterocycles. The molecule has 1 fully saturated rings. The third kappa shape index (κ3) is 5.59. The Labute approximate surface area is 143 Å². The quantitative estimate of drug-likeness (QED) is 0.793. The first-order chi connectivity index (χ1) is 11.3. The number of morpholine rings is 1. The SMILES string of the molecule is CN(C)C(=O)COCC1CN(Cc2ccc(CO)o2)CC(C)(C)O1. The molecule has 1 aromatic rings. The lowest BCUT2D eigenvalue weighted by Gasteiger charge is -2.42. The molecule has 1 aliphatic heterocycles. The Hall–Kier alpha value is -1.41. The summed E-state index contributed by atoms with van der Waals surface area (Å²) in [6.45, 7) is 6.55. The molecule has 7 heteroatoms. The van der Waals surface area contributed by atoms with E-state index in [1.807, 2.05) is 19.9 Å². The zero-order valence-electron chi connectivity index (χ0n) is 14.9. The summed E-state index contributed by atoms with van der Waals surface area (Å²) >= 11 is 0. The second kappa shape index (κ2) is 8.11. The number of hydrogen-bond acceptors (Lipinski definition) is 6. The van der Waals surface area contributed by atoms with Crippen LogP contribution in [0.5, 0.6) is 0 Å². The number of furan rings is 1. The lowest BCUT2D eigenvalue weighted by Crippen LogP contribution is -2.53. The summed E-state index contributed by atoms with van der Waals surface area (Å²) in [7, 11) is 3.41. The van der Waals surface area contributed by atoms with E-state index in [1.165, 1.54) is 4.90 Å². The maximum absolute atomic E-state index is 11.6. The van der Waals surface area contributed by atoms with Crippen LogP contribution in [-0.4, -0.2) is 72.9 Å². The van der Waals surface area contributed by atoms with Crippen molar-refractivity contribution in [2.45, 2.75) is 38.7 Å². The largest absolute Gasteiger partial charge is 0.462 e. The highest BCUT2D eigenvalue weighted by Gasteiger charge is 2.33. The second-order valence-electron chi connectivity index (χ2n) is 7.00. The highest BCUT2D eigenvalue weighted by Crippen LogP contribution is 2.23.